The maximum absolute atomic E-state index is 12.2. The molecule has 0 radical (unpaired) electrons. The average Bonchev–Trinajstić information content (AvgIpc) is 2.49. The van der Waals surface area contributed by atoms with E-state index in [9.17, 15) is 19.8 Å². The normalized spacial score (nSPS) is 13.3. The standard InChI is InChI=1S/C16H22O6/c1-3-4-7-21-15(19)13-8-11(2)5-6-12(13)14(9-17)16(20)22-10-18/h5-6,8,10,14,16-17,20H,3-4,7,9H2,1-2H3. The lowest BCUT2D eigenvalue weighted by Gasteiger charge is -2.22. The quantitative estimate of drug-likeness (QED) is 0.311. The number of rotatable bonds is 9. The number of benzene rings is 1. The summed E-state index contributed by atoms with van der Waals surface area (Å²) in [4.78, 5) is 22.6. The molecule has 0 aliphatic rings. The summed E-state index contributed by atoms with van der Waals surface area (Å²) in [7, 11) is 0. The minimum absolute atomic E-state index is 0.0980. The molecule has 6 heteroatoms. The van der Waals surface area contributed by atoms with E-state index in [2.05, 4.69) is 4.74 Å². The molecule has 0 fully saturated rings. The molecule has 0 aliphatic heterocycles. The SMILES string of the molecule is CCCCOC(=O)c1cc(C)ccc1C(CO)C(O)OC=O. The van der Waals surface area contributed by atoms with Gasteiger partial charge < -0.3 is 19.7 Å². The van der Waals surface area contributed by atoms with Crippen molar-refractivity contribution in [3.63, 3.8) is 0 Å². The lowest BCUT2D eigenvalue weighted by Crippen LogP contribution is -2.26. The predicted molar refractivity (Wildman–Crippen MR) is 79.4 cm³/mol. The van der Waals surface area contributed by atoms with E-state index in [1.54, 1.807) is 18.2 Å². The van der Waals surface area contributed by atoms with Crippen LogP contribution < -0.4 is 0 Å². The van der Waals surface area contributed by atoms with Crippen LogP contribution in [0.2, 0.25) is 0 Å². The molecule has 0 bridgehead atoms. The average molecular weight is 310 g/mol. The van der Waals surface area contributed by atoms with Crippen LogP contribution in [-0.4, -0.2) is 42.2 Å². The van der Waals surface area contributed by atoms with Gasteiger partial charge in [-0.25, -0.2) is 4.79 Å². The minimum Gasteiger partial charge on any atom is -0.462 e. The number of carbonyl (C=O) groups is 2. The number of unbranched alkanes of at least 4 members (excludes halogenated alkanes) is 1. The van der Waals surface area contributed by atoms with Crippen molar-refractivity contribution in [1.29, 1.82) is 0 Å². The first kappa shape index (κ1) is 18.1. The maximum atomic E-state index is 12.2. The highest BCUT2D eigenvalue weighted by Gasteiger charge is 2.27. The smallest absolute Gasteiger partial charge is 0.338 e. The Kier molecular flexibility index (Phi) is 7.56. The summed E-state index contributed by atoms with van der Waals surface area (Å²) in [5.74, 6) is -1.44. The van der Waals surface area contributed by atoms with E-state index in [0.717, 1.165) is 18.4 Å². The van der Waals surface area contributed by atoms with Crippen LogP contribution in [0, 0.1) is 6.92 Å². The molecule has 122 valence electrons. The predicted octanol–water partition coefficient (Wildman–Crippen LogP) is 1.52. The molecule has 1 rings (SSSR count). The van der Waals surface area contributed by atoms with Crippen molar-refractivity contribution in [1.82, 2.24) is 0 Å². The van der Waals surface area contributed by atoms with E-state index in [-0.39, 0.29) is 12.0 Å². The fraction of sp³-hybridized carbons (Fsp3) is 0.500. The zero-order chi connectivity index (χ0) is 16.5. The summed E-state index contributed by atoms with van der Waals surface area (Å²) in [6.07, 6.45) is 0.124. The van der Waals surface area contributed by atoms with Crippen LogP contribution in [0.1, 0.15) is 47.2 Å². The summed E-state index contributed by atoms with van der Waals surface area (Å²) in [5, 5.41) is 19.2. The van der Waals surface area contributed by atoms with Gasteiger partial charge in [0.1, 0.15) is 0 Å². The number of aliphatic hydroxyl groups excluding tert-OH is 2. The minimum atomic E-state index is -1.53. The number of aliphatic hydroxyl groups is 2. The first-order valence-corrected chi connectivity index (χ1v) is 7.20. The third kappa shape index (κ3) is 4.82. The second-order valence-corrected chi connectivity index (χ2v) is 4.99. The molecule has 6 nitrogen and oxygen atoms in total. The highest BCUT2D eigenvalue weighted by Crippen LogP contribution is 2.25. The van der Waals surface area contributed by atoms with E-state index >= 15 is 0 Å². The Hall–Kier alpha value is -1.92. The van der Waals surface area contributed by atoms with Gasteiger partial charge in [-0.2, -0.15) is 0 Å². The Morgan fingerprint density at radius 2 is 2.14 bits per heavy atom. The second kappa shape index (κ2) is 9.17. The number of hydrogen-bond donors (Lipinski definition) is 2. The molecule has 0 amide bonds. The van der Waals surface area contributed by atoms with E-state index < -0.39 is 24.8 Å². The molecule has 0 aliphatic carbocycles. The summed E-state index contributed by atoms with van der Waals surface area (Å²) in [6.45, 7) is 3.73. The molecule has 0 aromatic heterocycles. The second-order valence-electron chi connectivity index (χ2n) is 4.99. The number of hydrogen-bond acceptors (Lipinski definition) is 6. The summed E-state index contributed by atoms with van der Waals surface area (Å²) < 4.78 is 9.66. The lowest BCUT2D eigenvalue weighted by molar-refractivity contribution is -0.157. The van der Waals surface area contributed by atoms with Crippen molar-refractivity contribution >= 4 is 12.4 Å². The lowest BCUT2D eigenvalue weighted by atomic mass is 9.92. The molecule has 2 N–H and O–H groups in total. The first-order chi connectivity index (χ1) is 10.5. The molecule has 2 unspecified atom stereocenters. The Morgan fingerprint density at radius 1 is 1.41 bits per heavy atom. The van der Waals surface area contributed by atoms with Crippen molar-refractivity contribution in [2.24, 2.45) is 0 Å². The van der Waals surface area contributed by atoms with Gasteiger partial charge in [-0.15, -0.1) is 0 Å². The van der Waals surface area contributed by atoms with Crippen molar-refractivity contribution < 1.29 is 29.3 Å². The van der Waals surface area contributed by atoms with E-state index in [1.165, 1.54) is 0 Å². The van der Waals surface area contributed by atoms with Gasteiger partial charge in [0.25, 0.3) is 6.47 Å². The van der Waals surface area contributed by atoms with Crippen LogP contribution >= 0.6 is 0 Å². The monoisotopic (exact) mass is 310 g/mol. The van der Waals surface area contributed by atoms with Crippen LogP contribution in [0.4, 0.5) is 0 Å². The number of esters is 1. The highest BCUT2D eigenvalue weighted by molar-refractivity contribution is 5.91. The maximum Gasteiger partial charge on any atom is 0.338 e. The Labute approximate surface area is 129 Å². The Balaban J connectivity index is 3.07. The zero-order valence-electron chi connectivity index (χ0n) is 12.8. The molecule has 1 aromatic carbocycles. The molecule has 22 heavy (non-hydrogen) atoms. The van der Waals surface area contributed by atoms with Crippen LogP contribution in [0.3, 0.4) is 0 Å². The van der Waals surface area contributed by atoms with E-state index in [0.29, 0.717) is 12.2 Å². The van der Waals surface area contributed by atoms with Crippen molar-refractivity contribution in [2.45, 2.75) is 38.9 Å². The third-order valence-electron chi connectivity index (χ3n) is 3.30. The molecule has 0 saturated carbocycles. The molecule has 0 saturated heterocycles. The Bertz CT molecular complexity index is 499. The van der Waals surface area contributed by atoms with Crippen molar-refractivity contribution in [2.75, 3.05) is 13.2 Å². The van der Waals surface area contributed by atoms with Gasteiger partial charge in [0, 0.05) is 0 Å². The summed E-state index contributed by atoms with van der Waals surface area (Å²) in [5.41, 5.74) is 1.47. The molecule has 0 heterocycles. The van der Waals surface area contributed by atoms with E-state index in [4.69, 9.17) is 4.74 Å². The molecule has 2 atom stereocenters. The number of ether oxygens (including phenoxy) is 2. The number of aryl methyl sites for hydroxylation is 1. The van der Waals surface area contributed by atoms with Gasteiger partial charge in [-0.3, -0.25) is 4.79 Å². The van der Waals surface area contributed by atoms with Crippen LogP contribution in [-0.2, 0) is 14.3 Å². The number of carbonyl (C=O) groups excluding carboxylic acids is 2. The molecule has 0 spiro atoms. The van der Waals surface area contributed by atoms with Crippen LogP contribution in [0.5, 0.6) is 0 Å². The van der Waals surface area contributed by atoms with Gasteiger partial charge >= 0.3 is 5.97 Å². The fourth-order valence-corrected chi connectivity index (χ4v) is 2.05. The summed E-state index contributed by atoms with van der Waals surface area (Å²) in [6, 6.07) is 4.98. The topological polar surface area (TPSA) is 93.1 Å². The third-order valence-corrected chi connectivity index (χ3v) is 3.30. The van der Waals surface area contributed by atoms with Crippen LogP contribution in [0.25, 0.3) is 0 Å². The van der Waals surface area contributed by atoms with E-state index in [1.807, 2.05) is 13.8 Å². The fourth-order valence-electron chi connectivity index (χ4n) is 2.05. The Morgan fingerprint density at radius 3 is 2.73 bits per heavy atom. The van der Waals surface area contributed by atoms with Crippen LogP contribution in [0.15, 0.2) is 18.2 Å². The summed E-state index contributed by atoms with van der Waals surface area (Å²) >= 11 is 0. The van der Waals surface area contributed by atoms with Gasteiger partial charge in [-0.05, 0) is 25.0 Å². The zero-order valence-corrected chi connectivity index (χ0v) is 12.8. The van der Waals surface area contributed by atoms with Crippen molar-refractivity contribution in [3.05, 3.63) is 34.9 Å². The first-order valence-electron chi connectivity index (χ1n) is 7.20. The van der Waals surface area contributed by atoms with Gasteiger partial charge in [0.05, 0.1) is 24.7 Å². The van der Waals surface area contributed by atoms with Gasteiger partial charge in [-0.1, -0.05) is 31.0 Å². The molecular formula is C16H22O6. The van der Waals surface area contributed by atoms with Crippen molar-refractivity contribution in [3.8, 4) is 0 Å². The largest absolute Gasteiger partial charge is 0.462 e. The highest BCUT2D eigenvalue weighted by atomic mass is 16.6. The van der Waals surface area contributed by atoms with Gasteiger partial charge in [0.15, 0.2) is 0 Å². The molecule has 1 aromatic rings. The van der Waals surface area contributed by atoms with Gasteiger partial charge in [0.2, 0.25) is 6.29 Å². The molecular weight excluding hydrogens is 288 g/mol.